The predicted octanol–water partition coefficient (Wildman–Crippen LogP) is 0.424. The molecule has 2 fully saturated rings. The second-order valence-corrected chi connectivity index (χ2v) is 5.87. The van der Waals surface area contributed by atoms with Crippen LogP contribution >= 0.6 is 0 Å². The average molecular weight is 288 g/mol. The van der Waals surface area contributed by atoms with Gasteiger partial charge in [0.05, 0.1) is 0 Å². The molecule has 112 valence electrons. The summed E-state index contributed by atoms with van der Waals surface area (Å²) in [5, 5.41) is 3.06. The van der Waals surface area contributed by atoms with Crippen LogP contribution in [0, 0.1) is 0 Å². The molecule has 2 aliphatic rings. The maximum Gasteiger partial charge on any atom is 0.273 e. The molecule has 1 spiro atoms. The van der Waals surface area contributed by atoms with Crippen LogP contribution in [0.15, 0.2) is 30.3 Å². The van der Waals surface area contributed by atoms with Gasteiger partial charge >= 0.3 is 0 Å². The zero-order valence-electron chi connectivity index (χ0n) is 11.8. The molecule has 1 heterocycles. The van der Waals surface area contributed by atoms with E-state index in [0.717, 1.165) is 37.8 Å². The molecule has 5 N–H and O–H groups in total. The van der Waals surface area contributed by atoms with Gasteiger partial charge in [-0.25, -0.2) is 0 Å². The van der Waals surface area contributed by atoms with Crippen molar-refractivity contribution >= 4 is 17.5 Å². The highest BCUT2D eigenvalue weighted by atomic mass is 16.2. The molecule has 1 aliphatic heterocycles. The second kappa shape index (κ2) is 4.82. The third kappa shape index (κ3) is 2.02. The average Bonchev–Trinajstić information content (AvgIpc) is 2.70. The van der Waals surface area contributed by atoms with Crippen molar-refractivity contribution in [3.05, 3.63) is 30.3 Å². The van der Waals surface area contributed by atoms with Gasteiger partial charge in [0.1, 0.15) is 5.66 Å². The van der Waals surface area contributed by atoms with Crippen molar-refractivity contribution in [2.45, 2.75) is 43.4 Å². The number of amides is 2. The second-order valence-electron chi connectivity index (χ2n) is 5.87. The first-order chi connectivity index (χ1) is 10.00. The van der Waals surface area contributed by atoms with E-state index in [1.807, 2.05) is 30.3 Å². The van der Waals surface area contributed by atoms with Gasteiger partial charge < -0.3 is 5.73 Å². The zero-order chi connectivity index (χ0) is 15.1. The van der Waals surface area contributed by atoms with Crippen LogP contribution in [0.3, 0.4) is 0 Å². The number of rotatable bonds is 2. The number of nitrogens with two attached hydrogens (primary N) is 2. The lowest BCUT2D eigenvalue weighted by molar-refractivity contribution is -0.132. The quantitative estimate of drug-likeness (QED) is 0.687. The fourth-order valence-corrected chi connectivity index (χ4v) is 3.44. The Morgan fingerprint density at radius 2 is 1.76 bits per heavy atom. The third-order valence-electron chi connectivity index (χ3n) is 4.48. The molecule has 1 aliphatic carbocycles. The third-order valence-corrected chi connectivity index (χ3v) is 4.48. The van der Waals surface area contributed by atoms with Gasteiger partial charge in [-0.3, -0.25) is 25.5 Å². The van der Waals surface area contributed by atoms with Gasteiger partial charge in [-0.15, -0.1) is 0 Å². The minimum Gasteiger partial charge on any atom is -0.366 e. The number of anilines is 1. The van der Waals surface area contributed by atoms with Crippen molar-refractivity contribution in [3.8, 4) is 0 Å². The van der Waals surface area contributed by atoms with Gasteiger partial charge in [-0.05, 0) is 37.8 Å². The number of hydrogen-bond acceptors (Lipinski definition) is 4. The zero-order valence-corrected chi connectivity index (χ0v) is 11.8. The Bertz CT molecular complexity index is 568. The molecule has 1 atom stereocenters. The maximum atomic E-state index is 12.8. The van der Waals surface area contributed by atoms with E-state index in [-0.39, 0.29) is 0 Å². The van der Waals surface area contributed by atoms with Crippen molar-refractivity contribution in [1.82, 2.24) is 5.32 Å². The number of nitrogens with zero attached hydrogens (tertiary/aromatic N) is 1. The van der Waals surface area contributed by atoms with Crippen molar-refractivity contribution in [2.24, 2.45) is 11.5 Å². The largest absolute Gasteiger partial charge is 0.366 e. The molecule has 0 radical (unpaired) electrons. The summed E-state index contributed by atoms with van der Waals surface area (Å²) in [6, 6.07) is 9.31. The van der Waals surface area contributed by atoms with E-state index < -0.39 is 23.1 Å². The van der Waals surface area contributed by atoms with Crippen LogP contribution in [-0.2, 0) is 9.59 Å². The SMILES string of the molecule is NC(=O)C1(N)NC2(CCCCC2)N(c2ccccc2)C1=O. The first-order valence-corrected chi connectivity index (χ1v) is 7.27. The van der Waals surface area contributed by atoms with Crippen molar-refractivity contribution in [1.29, 1.82) is 0 Å². The fraction of sp³-hybridized carbons (Fsp3) is 0.467. The fourth-order valence-electron chi connectivity index (χ4n) is 3.44. The number of nitrogens with one attached hydrogen (secondary N) is 1. The van der Waals surface area contributed by atoms with E-state index >= 15 is 0 Å². The summed E-state index contributed by atoms with van der Waals surface area (Å²) in [6.45, 7) is 0. The van der Waals surface area contributed by atoms with Gasteiger partial charge in [0.2, 0.25) is 5.66 Å². The summed E-state index contributed by atoms with van der Waals surface area (Å²) in [7, 11) is 0. The lowest BCUT2D eigenvalue weighted by Crippen LogP contribution is -2.66. The summed E-state index contributed by atoms with van der Waals surface area (Å²) < 4.78 is 0. The maximum absolute atomic E-state index is 12.8. The molecular formula is C15H20N4O2. The van der Waals surface area contributed by atoms with Gasteiger partial charge in [-0.2, -0.15) is 0 Å². The Morgan fingerprint density at radius 1 is 1.14 bits per heavy atom. The summed E-state index contributed by atoms with van der Waals surface area (Å²) >= 11 is 0. The molecule has 6 heteroatoms. The van der Waals surface area contributed by atoms with E-state index in [2.05, 4.69) is 5.32 Å². The highest BCUT2D eigenvalue weighted by molar-refractivity contribution is 6.17. The summed E-state index contributed by atoms with van der Waals surface area (Å²) in [6.07, 6.45) is 4.62. The van der Waals surface area contributed by atoms with Gasteiger partial charge in [0.25, 0.3) is 11.8 Å². The van der Waals surface area contributed by atoms with E-state index in [9.17, 15) is 9.59 Å². The van der Waals surface area contributed by atoms with Crippen molar-refractivity contribution in [2.75, 3.05) is 4.90 Å². The van der Waals surface area contributed by atoms with Crippen LogP contribution in [0.25, 0.3) is 0 Å². The van der Waals surface area contributed by atoms with Gasteiger partial charge in [-0.1, -0.05) is 24.6 Å². The first-order valence-electron chi connectivity index (χ1n) is 7.27. The number of benzene rings is 1. The number of para-hydroxylation sites is 1. The van der Waals surface area contributed by atoms with Crippen LogP contribution in [0.2, 0.25) is 0 Å². The molecule has 1 saturated heterocycles. The monoisotopic (exact) mass is 288 g/mol. The summed E-state index contributed by atoms with van der Waals surface area (Å²) in [5.74, 6) is -1.31. The molecule has 1 aromatic carbocycles. The van der Waals surface area contributed by atoms with E-state index in [0.29, 0.717) is 0 Å². The molecule has 0 bridgehead atoms. The minimum atomic E-state index is -1.83. The molecule has 21 heavy (non-hydrogen) atoms. The standard InChI is InChI=1S/C15H20N4O2/c16-12(20)15(17)13(21)19(11-7-3-1-4-8-11)14(18-15)9-5-2-6-10-14/h1,3-4,7-8,18H,2,5-6,9-10,17H2,(H2,16,20). The predicted molar refractivity (Wildman–Crippen MR) is 79.0 cm³/mol. The normalized spacial score (nSPS) is 28.0. The highest BCUT2D eigenvalue weighted by Crippen LogP contribution is 2.40. The molecule has 6 nitrogen and oxygen atoms in total. The van der Waals surface area contributed by atoms with Crippen molar-refractivity contribution in [3.63, 3.8) is 0 Å². The molecule has 1 saturated carbocycles. The van der Waals surface area contributed by atoms with Crippen LogP contribution in [-0.4, -0.2) is 23.1 Å². The smallest absolute Gasteiger partial charge is 0.273 e. The van der Waals surface area contributed by atoms with E-state index in [1.54, 1.807) is 4.90 Å². The molecule has 1 aromatic rings. The molecular weight excluding hydrogens is 268 g/mol. The molecule has 2 amide bonds. The van der Waals surface area contributed by atoms with E-state index in [4.69, 9.17) is 11.5 Å². The number of carbonyl (C=O) groups excluding carboxylic acids is 2. The molecule has 0 aromatic heterocycles. The Balaban J connectivity index is 2.09. The van der Waals surface area contributed by atoms with Crippen LogP contribution in [0.4, 0.5) is 5.69 Å². The Morgan fingerprint density at radius 3 is 2.33 bits per heavy atom. The Labute approximate surface area is 123 Å². The topological polar surface area (TPSA) is 101 Å². The van der Waals surface area contributed by atoms with Crippen molar-refractivity contribution < 1.29 is 9.59 Å². The van der Waals surface area contributed by atoms with Gasteiger partial charge in [0.15, 0.2) is 0 Å². The lowest BCUT2D eigenvalue weighted by Gasteiger charge is -2.41. The molecule has 3 rings (SSSR count). The summed E-state index contributed by atoms with van der Waals surface area (Å²) in [5.41, 5.74) is 9.68. The van der Waals surface area contributed by atoms with E-state index in [1.165, 1.54) is 0 Å². The number of carbonyl (C=O) groups is 2. The minimum absolute atomic E-state index is 0.469. The Kier molecular flexibility index (Phi) is 3.22. The first kappa shape index (κ1) is 14.0. The number of hydrogen-bond donors (Lipinski definition) is 3. The Hall–Kier alpha value is -1.92. The highest BCUT2D eigenvalue weighted by Gasteiger charge is 2.60. The number of primary amides is 1. The lowest BCUT2D eigenvalue weighted by atomic mass is 9.88. The van der Waals surface area contributed by atoms with Crippen LogP contribution in [0.5, 0.6) is 0 Å². The van der Waals surface area contributed by atoms with Crippen LogP contribution < -0.4 is 21.7 Å². The molecule has 1 unspecified atom stereocenters. The van der Waals surface area contributed by atoms with Gasteiger partial charge in [0, 0.05) is 5.69 Å². The summed E-state index contributed by atoms with van der Waals surface area (Å²) in [4.78, 5) is 26.1. The van der Waals surface area contributed by atoms with Crippen LogP contribution in [0.1, 0.15) is 32.1 Å².